The highest BCUT2D eigenvalue weighted by molar-refractivity contribution is 7.89. The van der Waals surface area contributed by atoms with E-state index in [0.29, 0.717) is 0 Å². The number of nitrogens with zero attached hydrogens (tertiary/aromatic N) is 1. The van der Waals surface area contributed by atoms with E-state index in [1.54, 1.807) is 4.31 Å². The lowest BCUT2D eigenvalue weighted by Crippen LogP contribution is -2.48. The SMILES string of the molecule is O=S(=O)(c1cc(F)ccc1F)N(C1CCCCC1)C1CCCCC1. The molecule has 0 saturated heterocycles. The Hall–Kier alpha value is -1.01. The van der Waals surface area contributed by atoms with Gasteiger partial charge in [0.2, 0.25) is 10.0 Å². The Morgan fingerprint density at radius 3 is 1.83 bits per heavy atom. The summed E-state index contributed by atoms with van der Waals surface area (Å²) >= 11 is 0. The Kier molecular flexibility index (Phi) is 5.55. The molecule has 0 radical (unpaired) electrons. The minimum atomic E-state index is -4.04. The van der Waals surface area contributed by atoms with Crippen molar-refractivity contribution < 1.29 is 17.2 Å². The summed E-state index contributed by atoms with van der Waals surface area (Å²) in [6, 6.07) is 2.51. The van der Waals surface area contributed by atoms with Gasteiger partial charge in [0, 0.05) is 12.1 Å². The Morgan fingerprint density at radius 1 is 0.833 bits per heavy atom. The molecule has 0 spiro atoms. The van der Waals surface area contributed by atoms with Crippen molar-refractivity contribution in [1.29, 1.82) is 0 Å². The van der Waals surface area contributed by atoms with Crippen molar-refractivity contribution in [3.8, 4) is 0 Å². The second-order valence-electron chi connectivity index (χ2n) is 6.99. The molecule has 2 aliphatic carbocycles. The lowest BCUT2D eigenvalue weighted by atomic mass is 9.91. The standard InChI is InChI=1S/C18H25F2NO2S/c19-14-11-12-17(20)18(13-14)24(22,23)21(15-7-3-1-4-8-15)16-9-5-2-6-10-16/h11-13,15-16H,1-10H2. The van der Waals surface area contributed by atoms with Crippen molar-refractivity contribution in [2.45, 2.75) is 81.2 Å². The highest BCUT2D eigenvalue weighted by atomic mass is 32.2. The summed E-state index contributed by atoms with van der Waals surface area (Å²) in [6.07, 6.45) is 9.46. The second-order valence-corrected chi connectivity index (χ2v) is 8.80. The van der Waals surface area contributed by atoms with Crippen molar-refractivity contribution in [3.05, 3.63) is 29.8 Å². The number of hydrogen-bond donors (Lipinski definition) is 0. The van der Waals surface area contributed by atoms with Crippen molar-refractivity contribution in [2.24, 2.45) is 0 Å². The fraction of sp³-hybridized carbons (Fsp3) is 0.667. The van der Waals surface area contributed by atoms with Crippen LogP contribution in [0.1, 0.15) is 64.2 Å². The van der Waals surface area contributed by atoms with Gasteiger partial charge in [-0.15, -0.1) is 0 Å². The predicted molar refractivity (Wildman–Crippen MR) is 89.1 cm³/mol. The number of hydrogen-bond acceptors (Lipinski definition) is 2. The first-order chi connectivity index (χ1) is 11.5. The Labute approximate surface area is 143 Å². The van der Waals surface area contributed by atoms with E-state index in [2.05, 4.69) is 0 Å². The maximum Gasteiger partial charge on any atom is 0.246 e. The van der Waals surface area contributed by atoms with Gasteiger partial charge in [-0.3, -0.25) is 0 Å². The average Bonchev–Trinajstić information content (AvgIpc) is 2.59. The van der Waals surface area contributed by atoms with Crippen LogP contribution in [0, 0.1) is 11.6 Å². The smallest absolute Gasteiger partial charge is 0.207 e. The van der Waals surface area contributed by atoms with E-state index in [4.69, 9.17) is 0 Å². The molecule has 6 heteroatoms. The molecular formula is C18H25F2NO2S. The zero-order valence-electron chi connectivity index (χ0n) is 13.9. The normalized spacial score (nSPS) is 21.3. The first-order valence-electron chi connectivity index (χ1n) is 8.99. The van der Waals surface area contributed by atoms with E-state index in [1.807, 2.05) is 0 Å². The van der Waals surface area contributed by atoms with Gasteiger partial charge in [0.25, 0.3) is 0 Å². The van der Waals surface area contributed by atoms with Gasteiger partial charge in [-0.05, 0) is 43.9 Å². The van der Waals surface area contributed by atoms with Gasteiger partial charge >= 0.3 is 0 Å². The second kappa shape index (κ2) is 7.48. The summed E-state index contributed by atoms with van der Waals surface area (Å²) in [4.78, 5) is -0.515. The minimum absolute atomic E-state index is 0.0884. The van der Waals surface area contributed by atoms with Crippen LogP contribution in [0.15, 0.2) is 23.1 Å². The topological polar surface area (TPSA) is 37.4 Å². The summed E-state index contributed by atoms with van der Waals surface area (Å²) in [5, 5.41) is 0. The first-order valence-corrected chi connectivity index (χ1v) is 10.4. The van der Waals surface area contributed by atoms with Gasteiger partial charge in [-0.25, -0.2) is 17.2 Å². The molecule has 0 aromatic heterocycles. The lowest BCUT2D eigenvalue weighted by Gasteiger charge is -2.40. The third-order valence-corrected chi connectivity index (χ3v) is 7.34. The fourth-order valence-corrected chi connectivity index (χ4v) is 6.16. The van der Waals surface area contributed by atoms with E-state index >= 15 is 0 Å². The maximum absolute atomic E-state index is 14.2. The average molecular weight is 357 g/mol. The van der Waals surface area contributed by atoms with Gasteiger partial charge in [-0.1, -0.05) is 38.5 Å². The molecule has 3 rings (SSSR count). The van der Waals surface area contributed by atoms with E-state index < -0.39 is 26.6 Å². The maximum atomic E-state index is 14.2. The number of halogens is 2. The van der Waals surface area contributed by atoms with Crippen molar-refractivity contribution in [2.75, 3.05) is 0 Å². The van der Waals surface area contributed by atoms with Gasteiger partial charge in [0.1, 0.15) is 16.5 Å². The van der Waals surface area contributed by atoms with Crippen molar-refractivity contribution in [1.82, 2.24) is 4.31 Å². The molecule has 0 heterocycles. The van der Waals surface area contributed by atoms with Gasteiger partial charge in [0.05, 0.1) is 0 Å². The van der Waals surface area contributed by atoms with E-state index in [1.165, 1.54) is 0 Å². The molecule has 3 nitrogen and oxygen atoms in total. The fourth-order valence-electron chi connectivity index (χ4n) is 4.15. The quantitative estimate of drug-likeness (QED) is 0.788. The molecule has 1 aromatic rings. The third kappa shape index (κ3) is 3.64. The van der Waals surface area contributed by atoms with E-state index in [0.717, 1.165) is 82.4 Å². The first kappa shape index (κ1) is 17.8. The zero-order chi connectivity index (χ0) is 17.2. The van der Waals surface area contributed by atoms with Crippen LogP contribution < -0.4 is 0 Å². The van der Waals surface area contributed by atoms with Crippen LogP contribution in [0.4, 0.5) is 8.78 Å². The molecule has 2 fully saturated rings. The molecular weight excluding hydrogens is 332 g/mol. The summed E-state index contributed by atoms with van der Waals surface area (Å²) in [7, 11) is -4.04. The number of benzene rings is 1. The minimum Gasteiger partial charge on any atom is -0.207 e. The van der Waals surface area contributed by atoms with Crippen molar-refractivity contribution in [3.63, 3.8) is 0 Å². The molecule has 0 N–H and O–H groups in total. The molecule has 0 bridgehead atoms. The van der Waals surface area contributed by atoms with E-state index in [-0.39, 0.29) is 12.1 Å². The molecule has 0 amide bonds. The summed E-state index contributed by atoms with van der Waals surface area (Å²) < 4.78 is 55.8. The molecule has 0 aliphatic heterocycles. The van der Waals surface area contributed by atoms with Crippen LogP contribution >= 0.6 is 0 Å². The zero-order valence-corrected chi connectivity index (χ0v) is 14.7. The Morgan fingerprint density at radius 2 is 1.33 bits per heavy atom. The highest BCUT2D eigenvalue weighted by Crippen LogP contribution is 2.35. The highest BCUT2D eigenvalue weighted by Gasteiger charge is 2.39. The van der Waals surface area contributed by atoms with Crippen LogP contribution in [0.5, 0.6) is 0 Å². The number of sulfonamides is 1. The molecule has 0 unspecified atom stereocenters. The largest absolute Gasteiger partial charge is 0.246 e. The van der Waals surface area contributed by atoms with Gasteiger partial charge < -0.3 is 0 Å². The van der Waals surface area contributed by atoms with Crippen LogP contribution in [0.3, 0.4) is 0 Å². The third-order valence-electron chi connectivity index (χ3n) is 5.32. The number of rotatable bonds is 4. The molecule has 134 valence electrons. The molecule has 1 aromatic carbocycles. The summed E-state index contributed by atoms with van der Waals surface area (Å²) in [5.74, 6) is -1.59. The van der Waals surface area contributed by atoms with Crippen LogP contribution in [-0.4, -0.2) is 24.8 Å². The molecule has 24 heavy (non-hydrogen) atoms. The summed E-state index contributed by atoms with van der Waals surface area (Å²) in [6.45, 7) is 0. The lowest BCUT2D eigenvalue weighted by molar-refractivity contribution is 0.169. The van der Waals surface area contributed by atoms with Gasteiger partial charge in [-0.2, -0.15) is 4.31 Å². The predicted octanol–water partition coefficient (Wildman–Crippen LogP) is 4.62. The van der Waals surface area contributed by atoms with E-state index in [9.17, 15) is 17.2 Å². The molecule has 2 saturated carbocycles. The van der Waals surface area contributed by atoms with Crippen LogP contribution in [0.2, 0.25) is 0 Å². The van der Waals surface area contributed by atoms with Gasteiger partial charge in [0.15, 0.2) is 0 Å². The Bertz CT molecular complexity index is 648. The molecule has 0 atom stereocenters. The Balaban J connectivity index is 2.00. The van der Waals surface area contributed by atoms with Crippen LogP contribution in [0.25, 0.3) is 0 Å². The van der Waals surface area contributed by atoms with Crippen molar-refractivity contribution >= 4 is 10.0 Å². The van der Waals surface area contributed by atoms with Crippen LogP contribution in [-0.2, 0) is 10.0 Å². The monoisotopic (exact) mass is 357 g/mol. The molecule has 2 aliphatic rings. The summed E-state index contributed by atoms with van der Waals surface area (Å²) in [5.41, 5.74) is 0.